The van der Waals surface area contributed by atoms with Crippen LogP contribution in [0.25, 0.3) is 0 Å². The van der Waals surface area contributed by atoms with Gasteiger partial charge in [0, 0.05) is 12.3 Å². The standard InChI is InChI=1S/C6H4ClF5N2O/c7-2-1-3-13-14-4(15-3)5(8,9)6(10,11)12/h1-2H2. The molecule has 0 fully saturated rings. The Balaban J connectivity index is 2.95. The minimum Gasteiger partial charge on any atom is -0.419 e. The number of hydrogen-bond donors (Lipinski definition) is 0. The summed E-state index contributed by atoms with van der Waals surface area (Å²) in [4.78, 5) is 0. The van der Waals surface area contributed by atoms with Gasteiger partial charge in [-0.3, -0.25) is 0 Å². The van der Waals surface area contributed by atoms with Gasteiger partial charge in [0.2, 0.25) is 5.89 Å². The van der Waals surface area contributed by atoms with Crippen LogP contribution in [0.5, 0.6) is 0 Å². The average Bonchev–Trinajstić information content (AvgIpc) is 2.51. The van der Waals surface area contributed by atoms with Crippen LogP contribution in [0.3, 0.4) is 0 Å². The second-order valence-corrected chi connectivity index (χ2v) is 2.89. The average molecular weight is 251 g/mol. The molecule has 0 aromatic carbocycles. The SMILES string of the molecule is FC(F)(F)C(F)(F)c1nnc(CCCl)o1. The zero-order chi connectivity index (χ0) is 11.7. The first-order valence-corrected chi connectivity index (χ1v) is 4.16. The van der Waals surface area contributed by atoms with Gasteiger partial charge in [0.15, 0.2) is 0 Å². The van der Waals surface area contributed by atoms with Gasteiger partial charge in [0.1, 0.15) is 0 Å². The van der Waals surface area contributed by atoms with Gasteiger partial charge in [0.25, 0.3) is 5.89 Å². The summed E-state index contributed by atoms with van der Waals surface area (Å²) in [5.41, 5.74) is 0. The first-order valence-electron chi connectivity index (χ1n) is 3.62. The number of hydrogen-bond acceptors (Lipinski definition) is 3. The molecule has 0 saturated heterocycles. The van der Waals surface area contributed by atoms with Crippen molar-refractivity contribution in [1.29, 1.82) is 0 Å². The lowest BCUT2D eigenvalue weighted by Crippen LogP contribution is -2.34. The van der Waals surface area contributed by atoms with E-state index >= 15 is 0 Å². The molecule has 3 nitrogen and oxygen atoms in total. The maximum atomic E-state index is 12.6. The third-order valence-corrected chi connectivity index (χ3v) is 1.59. The summed E-state index contributed by atoms with van der Waals surface area (Å²) in [6.45, 7) is 0. The van der Waals surface area contributed by atoms with E-state index in [1.54, 1.807) is 0 Å². The number of aromatic nitrogens is 2. The summed E-state index contributed by atoms with van der Waals surface area (Å²) >= 11 is 5.21. The Morgan fingerprint density at radius 2 is 1.73 bits per heavy atom. The number of alkyl halides is 6. The first kappa shape index (κ1) is 12.2. The predicted molar refractivity (Wildman–Crippen MR) is 38.7 cm³/mol. The highest BCUT2D eigenvalue weighted by molar-refractivity contribution is 6.17. The van der Waals surface area contributed by atoms with Crippen molar-refractivity contribution in [3.8, 4) is 0 Å². The quantitative estimate of drug-likeness (QED) is 0.611. The minimum absolute atomic E-state index is 0.0147. The topological polar surface area (TPSA) is 38.9 Å². The van der Waals surface area contributed by atoms with Gasteiger partial charge in [-0.15, -0.1) is 21.8 Å². The maximum absolute atomic E-state index is 12.6. The molecule has 0 N–H and O–H groups in total. The minimum atomic E-state index is -5.75. The van der Waals surface area contributed by atoms with Gasteiger partial charge < -0.3 is 4.42 Å². The van der Waals surface area contributed by atoms with Crippen LogP contribution in [0.1, 0.15) is 11.8 Å². The number of halogens is 6. The highest BCUT2D eigenvalue weighted by Gasteiger charge is 2.62. The van der Waals surface area contributed by atoms with Crippen molar-refractivity contribution in [2.75, 3.05) is 5.88 Å². The zero-order valence-corrected chi connectivity index (χ0v) is 7.74. The van der Waals surface area contributed by atoms with Crippen LogP contribution >= 0.6 is 11.6 Å². The second kappa shape index (κ2) is 3.92. The van der Waals surface area contributed by atoms with Crippen LogP contribution in [0.15, 0.2) is 4.42 Å². The molecule has 1 aromatic heterocycles. The van der Waals surface area contributed by atoms with Crippen molar-refractivity contribution in [2.24, 2.45) is 0 Å². The van der Waals surface area contributed by atoms with E-state index < -0.39 is 18.0 Å². The van der Waals surface area contributed by atoms with E-state index in [1.807, 2.05) is 0 Å². The van der Waals surface area contributed by atoms with E-state index in [-0.39, 0.29) is 18.2 Å². The third kappa shape index (κ3) is 2.36. The lowest BCUT2D eigenvalue weighted by atomic mass is 10.3. The molecular weight excluding hydrogens is 247 g/mol. The Hall–Kier alpha value is -0.920. The fourth-order valence-electron chi connectivity index (χ4n) is 0.684. The van der Waals surface area contributed by atoms with Crippen LogP contribution in [-0.2, 0) is 12.3 Å². The molecule has 0 aliphatic heterocycles. The van der Waals surface area contributed by atoms with Crippen LogP contribution in [0.4, 0.5) is 22.0 Å². The highest BCUT2D eigenvalue weighted by atomic mass is 35.5. The van der Waals surface area contributed by atoms with E-state index in [9.17, 15) is 22.0 Å². The monoisotopic (exact) mass is 250 g/mol. The van der Waals surface area contributed by atoms with Crippen LogP contribution < -0.4 is 0 Å². The fourth-order valence-corrected chi connectivity index (χ4v) is 0.845. The van der Waals surface area contributed by atoms with Crippen LogP contribution in [0.2, 0.25) is 0 Å². The molecule has 0 radical (unpaired) electrons. The van der Waals surface area contributed by atoms with Crippen LogP contribution in [-0.4, -0.2) is 22.3 Å². The smallest absolute Gasteiger partial charge is 0.419 e. The highest BCUT2D eigenvalue weighted by Crippen LogP contribution is 2.42. The molecule has 0 saturated carbocycles. The van der Waals surface area contributed by atoms with E-state index in [4.69, 9.17) is 11.6 Å². The van der Waals surface area contributed by atoms with Crippen molar-refractivity contribution in [3.05, 3.63) is 11.8 Å². The Labute approximate surface area is 85.2 Å². The lowest BCUT2D eigenvalue weighted by molar-refractivity contribution is -0.297. The first-order chi connectivity index (χ1) is 6.79. The van der Waals surface area contributed by atoms with Crippen molar-refractivity contribution in [1.82, 2.24) is 10.2 Å². The maximum Gasteiger partial charge on any atom is 0.463 e. The summed E-state index contributed by atoms with van der Waals surface area (Å²) in [5, 5.41) is 5.63. The summed E-state index contributed by atoms with van der Waals surface area (Å²) in [5.74, 6) is -7.27. The lowest BCUT2D eigenvalue weighted by Gasteiger charge is -2.14. The zero-order valence-electron chi connectivity index (χ0n) is 6.98. The Bertz CT molecular complexity index is 337. The summed E-state index contributed by atoms with van der Waals surface area (Å²) in [6.07, 6.45) is -5.82. The van der Waals surface area contributed by atoms with E-state index in [0.29, 0.717) is 0 Å². The molecular formula is C6H4ClF5N2O. The van der Waals surface area contributed by atoms with Crippen molar-refractivity contribution >= 4 is 11.6 Å². The molecule has 0 spiro atoms. The van der Waals surface area contributed by atoms with E-state index in [1.165, 1.54) is 0 Å². The molecule has 0 aliphatic carbocycles. The molecule has 0 unspecified atom stereocenters. The van der Waals surface area contributed by atoms with Gasteiger partial charge in [-0.2, -0.15) is 22.0 Å². The van der Waals surface area contributed by atoms with Crippen molar-refractivity contribution < 1.29 is 26.4 Å². The molecule has 9 heteroatoms. The molecule has 15 heavy (non-hydrogen) atoms. The molecule has 86 valence electrons. The molecule has 1 heterocycles. The molecule has 0 atom stereocenters. The normalized spacial score (nSPS) is 13.2. The van der Waals surface area contributed by atoms with Crippen molar-refractivity contribution in [3.63, 3.8) is 0 Å². The number of nitrogens with zero attached hydrogens (tertiary/aromatic N) is 2. The van der Waals surface area contributed by atoms with E-state index in [2.05, 4.69) is 14.6 Å². The summed E-state index contributed by atoms with van der Waals surface area (Å²) in [7, 11) is 0. The van der Waals surface area contributed by atoms with Gasteiger partial charge in [0.05, 0.1) is 0 Å². The Morgan fingerprint density at radius 3 is 2.20 bits per heavy atom. The molecule has 0 amide bonds. The van der Waals surface area contributed by atoms with Gasteiger partial charge in [-0.05, 0) is 0 Å². The fraction of sp³-hybridized carbons (Fsp3) is 0.667. The van der Waals surface area contributed by atoms with E-state index in [0.717, 1.165) is 0 Å². The van der Waals surface area contributed by atoms with Gasteiger partial charge >= 0.3 is 12.1 Å². The molecule has 0 aliphatic rings. The van der Waals surface area contributed by atoms with Gasteiger partial charge in [-0.1, -0.05) is 0 Å². The molecule has 0 bridgehead atoms. The van der Waals surface area contributed by atoms with Gasteiger partial charge in [-0.25, -0.2) is 0 Å². The largest absolute Gasteiger partial charge is 0.463 e. The predicted octanol–water partition coefficient (Wildman–Crippen LogP) is 2.51. The number of rotatable bonds is 3. The third-order valence-electron chi connectivity index (χ3n) is 1.40. The summed E-state index contributed by atoms with van der Waals surface area (Å²) < 4.78 is 64.7. The summed E-state index contributed by atoms with van der Waals surface area (Å²) in [6, 6.07) is 0. The molecule has 1 aromatic rings. The number of aryl methyl sites for hydroxylation is 1. The van der Waals surface area contributed by atoms with Crippen LogP contribution in [0, 0.1) is 0 Å². The second-order valence-electron chi connectivity index (χ2n) is 2.51. The van der Waals surface area contributed by atoms with Crippen molar-refractivity contribution in [2.45, 2.75) is 18.5 Å². The molecule has 1 rings (SSSR count). The Kier molecular flexibility index (Phi) is 3.17. The Morgan fingerprint density at radius 1 is 1.13 bits per heavy atom.